The number of aromatic amines is 1. The summed E-state index contributed by atoms with van der Waals surface area (Å²) in [7, 11) is 0. The highest BCUT2D eigenvalue weighted by molar-refractivity contribution is 5.33. The number of hydrogen-bond acceptors (Lipinski definition) is 7. The average molecular weight is 242 g/mol. The van der Waals surface area contributed by atoms with Crippen LogP contribution in [-0.2, 0) is 4.74 Å². The van der Waals surface area contributed by atoms with Gasteiger partial charge in [-0.2, -0.15) is 4.98 Å². The average Bonchev–Trinajstić information content (AvgIpc) is 2.57. The van der Waals surface area contributed by atoms with Crippen LogP contribution in [0.1, 0.15) is 0 Å². The Morgan fingerprint density at radius 1 is 1.65 bits per heavy atom. The fourth-order valence-corrected chi connectivity index (χ4v) is 1.66. The minimum absolute atomic E-state index is 0.292. The van der Waals surface area contributed by atoms with Gasteiger partial charge < -0.3 is 31.0 Å². The largest absolute Gasteiger partial charge is 0.394 e. The normalized spacial score (nSPS) is 32.6. The summed E-state index contributed by atoms with van der Waals surface area (Å²) in [5, 5.41) is 21.3. The van der Waals surface area contributed by atoms with Gasteiger partial charge in [0.25, 0.3) is 0 Å². The molecular weight excluding hydrogens is 228 g/mol. The predicted octanol–water partition coefficient (Wildman–Crippen LogP) is -2.41. The van der Waals surface area contributed by atoms with Gasteiger partial charge in [0.2, 0.25) is 0 Å². The monoisotopic (exact) mass is 242 g/mol. The van der Waals surface area contributed by atoms with Crippen molar-refractivity contribution >= 4 is 5.82 Å². The Morgan fingerprint density at radius 3 is 3.00 bits per heavy atom. The minimum Gasteiger partial charge on any atom is -0.394 e. The number of nitrogens with one attached hydrogen (secondary N) is 2. The van der Waals surface area contributed by atoms with Crippen LogP contribution < -0.4 is 16.7 Å². The highest BCUT2D eigenvalue weighted by atomic mass is 16.5. The van der Waals surface area contributed by atoms with Crippen molar-refractivity contribution in [3.63, 3.8) is 0 Å². The van der Waals surface area contributed by atoms with Crippen LogP contribution in [0.4, 0.5) is 5.82 Å². The van der Waals surface area contributed by atoms with E-state index in [-0.39, 0.29) is 6.61 Å². The number of H-pyrrole nitrogens is 1. The molecule has 1 aliphatic heterocycles. The maximum absolute atomic E-state index is 11.0. The van der Waals surface area contributed by atoms with Crippen LogP contribution in [0.3, 0.4) is 0 Å². The lowest BCUT2D eigenvalue weighted by Gasteiger charge is -2.17. The van der Waals surface area contributed by atoms with Crippen LogP contribution in [0.5, 0.6) is 0 Å². The summed E-state index contributed by atoms with van der Waals surface area (Å²) in [6.45, 7) is -0.324. The molecule has 2 heterocycles. The molecule has 1 aromatic heterocycles. The Morgan fingerprint density at radius 2 is 2.41 bits per heavy atom. The van der Waals surface area contributed by atoms with Gasteiger partial charge in [-0.3, -0.25) is 0 Å². The molecule has 0 spiro atoms. The smallest absolute Gasteiger partial charge is 0.346 e. The summed E-state index contributed by atoms with van der Waals surface area (Å²) in [6, 6.07) is 0.837. The lowest BCUT2D eigenvalue weighted by Crippen LogP contribution is -2.44. The summed E-state index contributed by atoms with van der Waals surface area (Å²) in [5.41, 5.74) is 5.21. The molecule has 0 saturated carbocycles. The molecule has 1 aliphatic rings. The number of aliphatic hydroxyl groups excluding tert-OH is 2. The fourth-order valence-electron chi connectivity index (χ4n) is 1.66. The van der Waals surface area contributed by atoms with Crippen molar-refractivity contribution in [1.29, 1.82) is 0 Å². The number of rotatable bonds is 3. The van der Waals surface area contributed by atoms with E-state index in [1.807, 2.05) is 0 Å². The van der Waals surface area contributed by atoms with Crippen molar-refractivity contribution in [1.82, 2.24) is 9.97 Å². The van der Waals surface area contributed by atoms with E-state index in [0.717, 1.165) is 0 Å². The van der Waals surface area contributed by atoms with Gasteiger partial charge in [-0.1, -0.05) is 0 Å². The van der Waals surface area contributed by atoms with Gasteiger partial charge in [-0.15, -0.1) is 0 Å². The predicted molar refractivity (Wildman–Crippen MR) is 58.2 cm³/mol. The molecular formula is C9H14N4O4. The SMILES string of the molecule is N[C@H]1[C@H](O)[C@@H](CO)O[C@H]1Nc1cc[nH]c(=O)n1. The van der Waals surface area contributed by atoms with Gasteiger partial charge >= 0.3 is 5.69 Å². The number of aromatic nitrogens is 2. The first-order valence-corrected chi connectivity index (χ1v) is 5.14. The molecule has 17 heavy (non-hydrogen) atoms. The molecule has 6 N–H and O–H groups in total. The number of hydrogen-bond donors (Lipinski definition) is 5. The number of ether oxygens (including phenoxy) is 1. The van der Waals surface area contributed by atoms with Gasteiger partial charge in [0.05, 0.1) is 12.6 Å². The first kappa shape index (κ1) is 12.0. The molecule has 4 atom stereocenters. The number of anilines is 1. The van der Waals surface area contributed by atoms with Gasteiger partial charge in [-0.05, 0) is 6.07 Å². The number of nitrogens with two attached hydrogens (primary N) is 1. The quantitative estimate of drug-likeness (QED) is 0.398. The van der Waals surface area contributed by atoms with Crippen molar-refractivity contribution in [2.45, 2.75) is 24.5 Å². The van der Waals surface area contributed by atoms with E-state index in [4.69, 9.17) is 15.6 Å². The molecule has 1 fully saturated rings. The Hall–Kier alpha value is -1.48. The van der Waals surface area contributed by atoms with Crippen LogP contribution in [0.15, 0.2) is 17.1 Å². The molecule has 2 rings (SSSR count). The van der Waals surface area contributed by atoms with Crippen molar-refractivity contribution in [3.8, 4) is 0 Å². The maximum Gasteiger partial charge on any atom is 0.346 e. The molecule has 0 radical (unpaired) electrons. The van der Waals surface area contributed by atoms with E-state index in [0.29, 0.717) is 5.82 Å². The first-order chi connectivity index (χ1) is 8.11. The lowest BCUT2D eigenvalue weighted by molar-refractivity contribution is -0.0150. The van der Waals surface area contributed by atoms with Gasteiger partial charge in [-0.25, -0.2) is 4.79 Å². The third-order valence-electron chi connectivity index (χ3n) is 2.59. The zero-order valence-corrected chi connectivity index (χ0v) is 8.91. The molecule has 1 aromatic rings. The standard InChI is InChI=1S/C9H14N4O4/c10-6-7(15)4(3-14)17-8(6)12-5-1-2-11-9(16)13-5/h1-2,4,6-8,14-15H,3,10H2,(H2,11,12,13,16)/t4-,6+,7-,8-/m1/s1. The summed E-state index contributed by atoms with van der Waals surface area (Å²) in [4.78, 5) is 17.0. The molecule has 0 amide bonds. The first-order valence-electron chi connectivity index (χ1n) is 5.14. The summed E-state index contributed by atoms with van der Waals surface area (Å²) < 4.78 is 5.29. The second-order valence-electron chi connectivity index (χ2n) is 3.77. The van der Waals surface area contributed by atoms with Crippen molar-refractivity contribution in [2.75, 3.05) is 11.9 Å². The van der Waals surface area contributed by atoms with E-state index in [2.05, 4.69) is 15.3 Å². The van der Waals surface area contributed by atoms with E-state index >= 15 is 0 Å². The zero-order chi connectivity index (χ0) is 12.4. The Bertz CT molecular complexity index is 437. The van der Waals surface area contributed by atoms with E-state index < -0.39 is 30.2 Å². The molecule has 0 aliphatic carbocycles. The zero-order valence-electron chi connectivity index (χ0n) is 8.91. The highest BCUT2D eigenvalue weighted by Gasteiger charge is 2.41. The van der Waals surface area contributed by atoms with Crippen molar-refractivity contribution in [3.05, 3.63) is 22.7 Å². The Kier molecular flexibility index (Phi) is 3.38. The van der Waals surface area contributed by atoms with Crippen LogP contribution in [-0.4, -0.2) is 51.3 Å². The molecule has 0 aromatic carbocycles. The molecule has 0 unspecified atom stereocenters. The third kappa shape index (κ3) is 2.44. The second kappa shape index (κ2) is 4.80. The van der Waals surface area contributed by atoms with Crippen molar-refractivity contribution < 1.29 is 14.9 Å². The second-order valence-corrected chi connectivity index (χ2v) is 3.77. The molecule has 0 bridgehead atoms. The van der Waals surface area contributed by atoms with Crippen LogP contribution in [0, 0.1) is 0 Å². The maximum atomic E-state index is 11.0. The molecule has 8 heteroatoms. The topological polar surface area (TPSA) is 133 Å². The third-order valence-corrected chi connectivity index (χ3v) is 2.59. The summed E-state index contributed by atoms with van der Waals surface area (Å²) in [5.74, 6) is 0.292. The van der Waals surface area contributed by atoms with Crippen LogP contribution >= 0.6 is 0 Å². The van der Waals surface area contributed by atoms with Gasteiger partial charge in [0.1, 0.15) is 24.3 Å². The van der Waals surface area contributed by atoms with E-state index in [1.54, 1.807) is 0 Å². The number of aliphatic hydroxyl groups is 2. The Labute approximate surface area is 96.4 Å². The highest BCUT2D eigenvalue weighted by Crippen LogP contribution is 2.20. The minimum atomic E-state index is -0.959. The lowest BCUT2D eigenvalue weighted by atomic mass is 10.1. The molecule has 94 valence electrons. The molecule has 8 nitrogen and oxygen atoms in total. The summed E-state index contributed by atoms with van der Waals surface area (Å²) >= 11 is 0. The van der Waals surface area contributed by atoms with Gasteiger partial charge in [0.15, 0.2) is 0 Å². The van der Waals surface area contributed by atoms with Crippen LogP contribution in [0.2, 0.25) is 0 Å². The number of nitrogens with zero attached hydrogens (tertiary/aromatic N) is 1. The van der Waals surface area contributed by atoms with Gasteiger partial charge in [0, 0.05) is 6.20 Å². The van der Waals surface area contributed by atoms with E-state index in [1.165, 1.54) is 12.3 Å². The van der Waals surface area contributed by atoms with Crippen LogP contribution in [0.25, 0.3) is 0 Å². The summed E-state index contributed by atoms with van der Waals surface area (Å²) in [6.07, 6.45) is -0.960. The van der Waals surface area contributed by atoms with E-state index in [9.17, 15) is 9.90 Å². The fraction of sp³-hybridized carbons (Fsp3) is 0.556. The van der Waals surface area contributed by atoms with Crippen molar-refractivity contribution in [2.24, 2.45) is 5.73 Å². The molecule has 1 saturated heterocycles. The Balaban J connectivity index is 2.07.